The molecule has 0 radical (unpaired) electrons. The molecule has 2 heterocycles. The minimum atomic E-state index is -1.09. The van der Waals surface area contributed by atoms with Gasteiger partial charge < -0.3 is 5.32 Å². The van der Waals surface area contributed by atoms with Crippen LogP contribution >= 0.6 is 23.1 Å². The van der Waals surface area contributed by atoms with Crippen molar-refractivity contribution in [1.82, 2.24) is 19.8 Å². The fourth-order valence-corrected chi connectivity index (χ4v) is 3.29. The lowest BCUT2D eigenvalue weighted by Crippen LogP contribution is -2.40. The molecule has 3 amide bonds. The number of benzene rings is 1. The van der Waals surface area contributed by atoms with E-state index >= 15 is 0 Å². The van der Waals surface area contributed by atoms with E-state index in [1.807, 2.05) is 24.3 Å². The summed E-state index contributed by atoms with van der Waals surface area (Å²) in [6.45, 7) is 5.93. The van der Waals surface area contributed by atoms with Crippen molar-refractivity contribution in [2.45, 2.75) is 38.8 Å². The quantitative estimate of drug-likeness (QED) is 0.845. The molecule has 0 saturated carbocycles. The first-order valence-electron chi connectivity index (χ1n) is 7.54. The van der Waals surface area contributed by atoms with Gasteiger partial charge >= 0.3 is 6.03 Å². The molecule has 3 rings (SSSR count). The molecule has 24 heavy (non-hydrogen) atoms. The van der Waals surface area contributed by atoms with E-state index in [2.05, 4.69) is 28.8 Å². The Bertz CT molecular complexity index is 790. The summed E-state index contributed by atoms with van der Waals surface area (Å²) in [5.74, 6) is 0.0744. The number of rotatable bonds is 4. The number of amides is 3. The fourth-order valence-electron chi connectivity index (χ4n) is 2.68. The number of imide groups is 1. The Morgan fingerprint density at radius 2 is 1.96 bits per heavy atom. The van der Waals surface area contributed by atoms with Gasteiger partial charge in [0.15, 0.2) is 0 Å². The molecule has 0 bridgehead atoms. The number of urea groups is 1. The van der Waals surface area contributed by atoms with Crippen molar-refractivity contribution in [3.8, 4) is 0 Å². The number of carbonyl (C=O) groups excluding carboxylic acids is 2. The Kier molecular flexibility index (Phi) is 4.31. The number of nitrogens with zero attached hydrogens (tertiary/aromatic N) is 3. The molecule has 1 N–H and O–H groups in total. The van der Waals surface area contributed by atoms with Gasteiger partial charge in [-0.1, -0.05) is 54.2 Å². The van der Waals surface area contributed by atoms with Crippen LogP contribution in [-0.4, -0.2) is 26.4 Å². The van der Waals surface area contributed by atoms with Gasteiger partial charge in [0.25, 0.3) is 5.91 Å². The molecule has 1 aromatic carbocycles. The molecule has 1 aromatic heterocycles. The van der Waals surface area contributed by atoms with Crippen molar-refractivity contribution in [2.75, 3.05) is 0 Å². The molecule has 1 atom stereocenters. The van der Waals surface area contributed by atoms with Crippen molar-refractivity contribution in [3.63, 3.8) is 0 Å². The zero-order valence-electron chi connectivity index (χ0n) is 13.5. The molecule has 1 saturated heterocycles. The molecule has 0 aliphatic carbocycles. The van der Waals surface area contributed by atoms with E-state index < -0.39 is 11.6 Å². The van der Waals surface area contributed by atoms with Crippen LogP contribution < -0.4 is 5.32 Å². The minimum Gasteiger partial charge on any atom is -0.319 e. The van der Waals surface area contributed by atoms with Gasteiger partial charge in [-0.3, -0.25) is 9.69 Å². The number of nitrogens with one attached hydrogen (secondary N) is 1. The van der Waals surface area contributed by atoms with Crippen molar-refractivity contribution in [2.24, 2.45) is 0 Å². The summed E-state index contributed by atoms with van der Waals surface area (Å²) in [4.78, 5) is 26.3. The normalized spacial score (nSPS) is 20.8. The Hall–Kier alpha value is -1.99. The number of hydrogen-bond acceptors (Lipinski definition) is 5. The maximum absolute atomic E-state index is 12.8. The highest BCUT2D eigenvalue weighted by molar-refractivity contribution is 7.10. The average Bonchev–Trinajstić information content (AvgIpc) is 3.05. The topological polar surface area (TPSA) is 75.2 Å². The van der Waals surface area contributed by atoms with Crippen LogP contribution in [0.1, 0.15) is 43.5 Å². The lowest BCUT2D eigenvalue weighted by molar-refractivity contribution is -0.131. The number of hydrogen-bond donors (Lipinski definition) is 1. The monoisotopic (exact) mass is 364 g/mol. The van der Waals surface area contributed by atoms with Gasteiger partial charge in [0.2, 0.25) is 0 Å². The van der Waals surface area contributed by atoms with Gasteiger partial charge in [-0.15, -0.1) is 5.10 Å². The van der Waals surface area contributed by atoms with Crippen molar-refractivity contribution in [3.05, 3.63) is 45.4 Å². The van der Waals surface area contributed by atoms with Crippen LogP contribution in [0.5, 0.6) is 0 Å². The third-order valence-corrected chi connectivity index (χ3v) is 5.23. The van der Waals surface area contributed by atoms with Gasteiger partial charge in [-0.2, -0.15) is 0 Å². The van der Waals surface area contributed by atoms with Crippen LogP contribution in [0.4, 0.5) is 4.79 Å². The van der Waals surface area contributed by atoms with Crippen LogP contribution in [0.15, 0.2) is 24.3 Å². The van der Waals surface area contributed by atoms with Crippen molar-refractivity contribution >= 4 is 35.1 Å². The molecule has 6 nitrogen and oxygen atoms in total. The number of aromatic nitrogens is 2. The SMILES string of the molecule is CC(C)c1ccc(C2(C)NC(=O)N(Cc3nnsc3Cl)C2=O)cc1. The van der Waals surface area contributed by atoms with E-state index in [9.17, 15) is 9.59 Å². The number of carbonyl (C=O) groups is 2. The van der Waals surface area contributed by atoms with E-state index in [0.29, 0.717) is 15.9 Å². The summed E-state index contributed by atoms with van der Waals surface area (Å²) in [5.41, 5.74) is 1.25. The number of halogens is 1. The first-order chi connectivity index (χ1) is 11.3. The van der Waals surface area contributed by atoms with E-state index in [4.69, 9.17) is 11.6 Å². The molecule has 2 aromatic rings. The molecule has 126 valence electrons. The summed E-state index contributed by atoms with van der Waals surface area (Å²) >= 11 is 7.00. The predicted molar refractivity (Wildman–Crippen MR) is 91.9 cm³/mol. The minimum absolute atomic E-state index is 0.0136. The molecule has 1 unspecified atom stereocenters. The Balaban J connectivity index is 1.87. The largest absolute Gasteiger partial charge is 0.325 e. The van der Waals surface area contributed by atoms with Crippen LogP contribution in [0.3, 0.4) is 0 Å². The van der Waals surface area contributed by atoms with Gasteiger partial charge in [0, 0.05) is 11.5 Å². The van der Waals surface area contributed by atoms with Crippen molar-refractivity contribution < 1.29 is 9.59 Å². The standard InChI is InChI=1S/C16H17ClN4O2S/c1-9(2)10-4-6-11(7-5-10)16(3)14(22)21(15(23)18-16)8-12-13(17)24-20-19-12/h4-7,9H,8H2,1-3H3,(H,18,23). The Morgan fingerprint density at radius 3 is 2.50 bits per heavy atom. The second-order valence-electron chi connectivity index (χ2n) is 6.22. The van der Waals surface area contributed by atoms with Crippen LogP contribution in [0.2, 0.25) is 4.34 Å². The lowest BCUT2D eigenvalue weighted by atomic mass is 9.90. The van der Waals surface area contributed by atoms with Crippen LogP contribution in [0, 0.1) is 0 Å². The maximum atomic E-state index is 12.8. The van der Waals surface area contributed by atoms with Gasteiger partial charge in [-0.05, 0) is 24.0 Å². The van der Waals surface area contributed by atoms with E-state index in [-0.39, 0.29) is 12.5 Å². The second-order valence-corrected chi connectivity index (χ2v) is 7.57. The summed E-state index contributed by atoms with van der Waals surface area (Å²) < 4.78 is 4.10. The Morgan fingerprint density at radius 1 is 1.29 bits per heavy atom. The third kappa shape index (κ3) is 2.78. The molecule has 0 spiro atoms. The molecule has 8 heteroatoms. The molecule has 1 fully saturated rings. The molecular formula is C16H17ClN4O2S. The van der Waals surface area contributed by atoms with Crippen LogP contribution in [0.25, 0.3) is 0 Å². The van der Waals surface area contributed by atoms with E-state index in [1.54, 1.807) is 6.92 Å². The van der Waals surface area contributed by atoms with E-state index in [0.717, 1.165) is 22.0 Å². The second kappa shape index (κ2) is 6.14. The highest BCUT2D eigenvalue weighted by atomic mass is 35.5. The zero-order chi connectivity index (χ0) is 17.5. The Labute approximate surface area is 149 Å². The molecule has 1 aliphatic heterocycles. The summed E-state index contributed by atoms with van der Waals surface area (Å²) in [5, 5.41) is 6.64. The predicted octanol–water partition coefficient (Wildman–Crippen LogP) is 3.28. The van der Waals surface area contributed by atoms with Gasteiger partial charge in [-0.25, -0.2) is 4.79 Å². The van der Waals surface area contributed by atoms with Gasteiger partial charge in [0.05, 0.1) is 6.54 Å². The summed E-state index contributed by atoms with van der Waals surface area (Å²) in [6.07, 6.45) is 0. The highest BCUT2D eigenvalue weighted by Crippen LogP contribution is 2.31. The smallest absolute Gasteiger partial charge is 0.319 e. The first kappa shape index (κ1) is 16.9. The molecule has 1 aliphatic rings. The third-order valence-electron chi connectivity index (χ3n) is 4.25. The van der Waals surface area contributed by atoms with Crippen molar-refractivity contribution in [1.29, 1.82) is 0 Å². The lowest BCUT2D eigenvalue weighted by Gasteiger charge is -2.22. The summed E-state index contributed by atoms with van der Waals surface area (Å²) in [6, 6.07) is 7.27. The highest BCUT2D eigenvalue weighted by Gasteiger charge is 2.49. The van der Waals surface area contributed by atoms with Crippen LogP contribution in [-0.2, 0) is 16.9 Å². The van der Waals surface area contributed by atoms with E-state index in [1.165, 1.54) is 5.56 Å². The summed E-state index contributed by atoms with van der Waals surface area (Å²) in [7, 11) is 0. The average molecular weight is 365 g/mol. The maximum Gasteiger partial charge on any atom is 0.325 e. The first-order valence-corrected chi connectivity index (χ1v) is 8.69. The molecular weight excluding hydrogens is 348 g/mol. The fraction of sp³-hybridized carbons (Fsp3) is 0.375. The zero-order valence-corrected chi connectivity index (χ0v) is 15.1. The van der Waals surface area contributed by atoms with Gasteiger partial charge in [0.1, 0.15) is 15.6 Å².